The number of piperazine rings is 1. The summed E-state index contributed by atoms with van der Waals surface area (Å²) in [7, 11) is 0. The normalized spacial score (nSPS) is 13.7. The number of aromatic nitrogens is 3. The van der Waals surface area contributed by atoms with Gasteiger partial charge in [0.15, 0.2) is 24.1 Å². The lowest BCUT2D eigenvalue weighted by molar-refractivity contribution is -0.133. The van der Waals surface area contributed by atoms with Crippen LogP contribution in [0, 0.1) is 11.6 Å². The van der Waals surface area contributed by atoms with E-state index in [1.165, 1.54) is 6.07 Å². The molecule has 8 nitrogen and oxygen atoms in total. The first kappa shape index (κ1) is 24.9. The smallest absolute Gasteiger partial charge is 0.260 e. The molecule has 0 spiro atoms. The molecular formula is C25H20Cl2F2N6O2. The van der Waals surface area contributed by atoms with Gasteiger partial charge in [0.2, 0.25) is 5.95 Å². The fraction of sp³-hybridized carbons (Fsp3) is 0.200. The maximum Gasteiger partial charge on any atom is 0.260 e. The van der Waals surface area contributed by atoms with Crippen molar-refractivity contribution in [2.75, 3.05) is 43.4 Å². The van der Waals surface area contributed by atoms with E-state index in [2.05, 4.69) is 15.0 Å². The van der Waals surface area contributed by atoms with Crippen molar-refractivity contribution >= 4 is 51.9 Å². The van der Waals surface area contributed by atoms with Crippen molar-refractivity contribution in [2.24, 2.45) is 0 Å². The average molecular weight is 545 g/mol. The molecule has 2 N–H and O–H groups in total. The molecule has 0 unspecified atom stereocenters. The molecule has 1 aliphatic heterocycles. The van der Waals surface area contributed by atoms with Crippen LogP contribution in [0.4, 0.5) is 20.5 Å². The first-order valence-electron chi connectivity index (χ1n) is 11.3. The van der Waals surface area contributed by atoms with Gasteiger partial charge in [0.1, 0.15) is 11.3 Å². The maximum absolute atomic E-state index is 13.8. The molecule has 5 rings (SSSR count). The van der Waals surface area contributed by atoms with E-state index in [0.29, 0.717) is 70.1 Å². The van der Waals surface area contributed by atoms with Gasteiger partial charge in [0.05, 0.1) is 16.2 Å². The molecule has 0 aliphatic carbocycles. The lowest BCUT2D eigenvalue weighted by Gasteiger charge is -2.35. The number of ether oxygens (including phenoxy) is 1. The summed E-state index contributed by atoms with van der Waals surface area (Å²) in [5.74, 6) is -1.12. The molecule has 1 aliphatic rings. The Morgan fingerprint density at radius 2 is 1.73 bits per heavy atom. The van der Waals surface area contributed by atoms with E-state index in [9.17, 15) is 13.6 Å². The Kier molecular flexibility index (Phi) is 6.94. The summed E-state index contributed by atoms with van der Waals surface area (Å²) in [6.07, 6.45) is 0. The number of carbonyl (C=O) groups excluding carboxylic acids is 1. The van der Waals surface area contributed by atoms with Gasteiger partial charge in [-0.1, -0.05) is 23.2 Å². The number of nitrogen functional groups attached to an aromatic ring is 1. The largest absolute Gasteiger partial charge is 0.482 e. The Balaban J connectivity index is 1.31. The topological polar surface area (TPSA) is 97.5 Å². The molecule has 1 saturated heterocycles. The van der Waals surface area contributed by atoms with Crippen molar-refractivity contribution in [1.82, 2.24) is 19.9 Å². The number of anilines is 2. The van der Waals surface area contributed by atoms with E-state index in [0.717, 1.165) is 12.1 Å². The molecule has 3 heterocycles. The summed E-state index contributed by atoms with van der Waals surface area (Å²) in [6.45, 7) is 1.62. The highest BCUT2D eigenvalue weighted by Gasteiger charge is 2.25. The summed E-state index contributed by atoms with van der Waals surface area (Å²) < 4.78 is 32.7. The Hall–Kier alpha value is -3.76. The number of halogens is 4. The third-order valence-electron chi connectivity index (χ3n) is 5.93. The predicted molar refractivity (Wildman–Crippen MR) is 138 cm³/mol. The quantitative estimate of drug-likeness (QED) is 0.392. The van der Waals surface area contributed by atoms with Gasteiger partial charge in [-0.25, -0.2) is 18.7 Å². The van der Waals surface area contributed by atoms with Crippen LogP contribution in [-0.4, -0.2) is 58.5 Å². The molecule has 0 bridgehead atoms. The van der Waals surface area contributed by atoms with E-state index in [4.69, 9.17) is 33.7 Å². The van der Waals surface area contributed by atoms with Gasteiger partial charge in [-0.2, -0.15) is 4.98 Å². The van der Waals surface area contributed by atoms with Gasteiger partial charge in [-0.3, -0.25) is 4.79 Å². The predicted octanol–water partition coefficient (Wildman–Crippen LogP) is 4.59. The van der Waals surface area contributed by atoms with Crippen molar-refractivity contribution in [3.05, 3.63) is 70.2 Å². The Morgan fingerprint density at radius 1 is 0.946 bits per heavy atom. The third kappa shape index (κ3) is 5.35. The van der Waals surface area contributed by atoms with E-state index in [-0.39, 0.29) is 18.5 Å². The molecule has 4 aromatic rings. The molecule has 190 valence electrons. The van der Waals surface area contributed by atoms with Gasteiger partial charge in [0.25, 0.3) is 5.91 Å². The van der Waals surface area contributed by atoms with Crippen LogP contribution in [0.5, 0.6) is 5.75 Å². The Morgan fingerprint density at radius 3 is 2.46 bits per heavy atom. The lowest BCUT2D eigenvalue weighted by Crippen LogP contribution is -2.50. The van der Waals surface area contributed by atoms with Gasteiger partial charge in [-0.05, 0) is 48.5 Å². The van der Waals surface area contributed by atoms with Crippen LogP contribution in [0.15, 0.2) is 48.5 Å². The second-order valence-corrected chi connectivity index (χ2v) is 9.17. The molecule has 0 saturated carbocycles. The van der Waals surface area contributed by atoms with Crippen molar-refractivity contribution in [1.29, 1.82) is 0 Å². The first-order valence-corrected chi connectivity index (χ1v) is 12.0. The van der Waals surface area contributed by atoms with Crippen LogP contribution in [-0.2, 0) is 4.79 Å². The zero-order valence-corrected chi connectivity index (χ0v) is 20.8. The monoisotopic (exact) mass is 544 g/mol. The molecule has 2 aromatic heterocycles. The van der Waals surface area contributed by atoms with Crippen LogP contribution < -0.4 is 15.4 Å². The fourth-order valence-corrected chi connectivity index (χ4v) is 4.51. The zero-order valence-electron chi connectivity index (χ0n) is 19.3. The van der Waals surface area contributed by atoms with Crippen LogP contribution >= 0.6 is 23.2 Å². The van der Waals surface area contributed by atoms with Crippen LogP contribution in [0.25, 0.3) is 22.3 Å². The summed E-state index contributed by atoms with van der Waals surface area (Å²) in [6, 6.07) is 11.8. The van der Waals surface area contributed by atoms with Crippen molar-refractivity contribution < 1.29 is 18.3 Å². The van der Waals surface area contributed by atoms with E-state index < -0.39 is 11.6 Å². The van der Waals surface area contributed by atoms with Crippen LogP contribution in [0.3, 0.4) is 0 Å². The van der Waals surface area contributed by atoms with Gasteiger partial charge < -0.3 is 20.3 Å². The minimum atomic E-state index is -0.962. The summed E-state index contributed by atoms with van der Waals surface area (Å²) >= 11 is 12.0. The summed E-state index contributed by atoms with van der Waals surface area (Å²) in [5, 5.41) is 0.803. The van der Waals surface area contributed by atoms with Gasteiger partial charge in [-0.15, -0.1) is 0 Å². The van der Waals surface area contributed by atoms with Crippen LogP contribution in [0.2, 0.25) is 10.0 Å². The number of carbonyl (C=O) groups is 1. The maximum atomic E-state index is 13.8. The highest BCUT2D eigenvalue weighted by atomic mass is 35.5. The van der Waals surface area contributed by atoms with Crippen molar-refractivity contribution in [3.8, 4) is 17.0 Å². The minimum Gasteiger partial charge on any atom is -0.482 e. The van der Waals surface area contributed by atoms with E-state index >= 15 is 0 Å². The second-order valence-electron chi connectivity index (χ2n) is 8.33. The fourth-order valence-electron chi connectivity index (χ4n) is 4.04. The molecule has 2 aromatic carbocycles. The number of rotatable bonds is 5. The minimum absolute atomic E-state index is 0.0802. The second kappa shape index (κ2) is 10.3. The number of hydrogen-bond acceptors (Lipinski definition) is 7. The third-order valence-corrected chi connectivity index (χ3v) is 6.46. The number of pyridine rings is 1. The van der Waals surface area contributed by atoms with E-state index in [1.807, 2.05) is 4.90 Å². The number of fused-ring (bicyclic) bond motifs is 1. The highest BCUT2D eigenvalue weighted by molar-refractivity contribution is 6.35. The van der Waals surface area contributed by atoms with Gasteiger partial charge in [0, 0.05) is 36.8 Å². The number of nitrogens with two attached hydrogens (primary N) is 1. The molecule has 1 fully saturated rings. The average Bonchev–Trinajstić information content (AvgIpc) is 2.89. The molecule has 1 amide bonds. The molecule has 37 heavy (non-hydrogen) atoms. The zero-order chi connectivity index (χ0) is 26.1. The van der Waals surface area contributed by atoms with Gasteiger partial charge >= 0.3 is 0 Å². The molecular weight excluding hydrogens is 525 g/mol. The van der Waals surface area contributed by atoms with E-state index in [1.54, 1.807) is 35.2 Å². The molecule has 12 heteroatoms. The first-order chi connectivity index (χ1) is 17.8. The van der Waals surface area contributed by atoms with Crippen LogP contribution in [0.1, 0.15) is 0 Å². The molecule has 0 radical (unpaired) electrons. The number of nitrogens with zero attached hydrogens (tertiary/aromatic N) is 5. The number of benzene rings is 2. The summed E-state index contributed by atoms with van der Waals surface area (Å²) in [5.41, 5.74) is 7.78. The Bertz CT molecular complexity index is 1500. The number of amides is 1. The SMILES string of the molecule is Nc1nc(N2CCN(C(=O)COc3ccc(Cl)cc3Cl)CC2)c2nc(-c3ccc(F)c(F)c3)ccc2n1. The standard InChI is InChI=1S/C25H20Cl2F2N6O2/c26-15-2-6-21(16(27)12-15)37-13-22(36)34-7-9-35(10-8-34)24-23-20(32-25(30)33-24)5-4-19(31-23)14-1-3-17(28)18(29)11-14/h1-6,11-12H,7-10,13H2,(H2,30,32,33). The molecule has 0 atom stereocenters. The summed E-state index contributed by atoms with van der Waals surface area (Å²) in [4.78, 5) is 29.6. The Labute approximate surface area is 220 Å². The van der Waals surface area contributed by atoms with Crippen molar-refractivity contribution in [2.45, 2.75) is 0 Å². The number of hydrogen-bond donors (Lipinski definition) is 1. The lowest BCUT2D eigenvalue weighted by atomic mass is 10.1. The van der Waals surface area contributed by atoms with Crippen molar-refractivity contribution in [3.63, 3.8) is 0 Å². The highest BCUT2D eigenvalue weighted by Crippen LogP contribution is 2.29.